The standard InChI is InChI=1S/C22H20Cl2N4O4/c1-12(2)32-18-9-8-16(11-17(18)24)25-21-26-19(20(29)30)27-22(31)28(21)13(3)10-14-4-6-15(23)7-5-14/h4-9,11-12H,3,10H2,1-2H3,(H,29,30)(H,25,26,27,31). The van der Waals surface area contributed by atoms with Crippen molar-refractivity contribution in [2.24, 2.45) is 0 Å². The molecule has 0 spiro atoms. The smallest absolute Gasteiger partial charge is 0.374 e. The number of ether oxygens (including phenoxy) is 1. The van der Waals surface area contributed by atoms with E-state index in [1.165, 1.54) is 0 Å². The number of nitrogens with one attached hydrogen (secondary N) is 1. The number of carbonyl (C=O) groups is 1. The van der Waals surface area contributed by atoms with Gasteiger partial charge in [0.25, 0.3) is 0 Å². The lowest BCUT2D eigenvalue weighted by atomic mass is 10.1. The van der Waals surface area contributed by atoms with Gasteiger partial charge >= 0.3 is 11.7 Å². The number of aromatic nitrogens is 3. The molecule has 0 amide bonds. The molecule has 8 nitrogen and oxygen atoms in total. The van der Waals surface area contributed by atoms with Crippen LogP contribution in [-0.2, 0) is 6.42 Å². The van der Waals surface area contributed by atoms with Gasteiger partial charge in [0.1, 0.15) is 5.75 Å². The number of rotatable bonds is 8. The second kappa shape index (κ2) is 9.84. The molecule has 0 aliphatic rings. The van der Waals surface area contributed by atoms with E-state index in [2.05, 4.69) is 21.9 Å². The zero-order valence-electron chi connectivity index (χ0n) is 17.3. The Balaban J connectivity index is 1.99. The molecule has 0 saturated heterocycles. The maximum absolute atomic E-state index is 12.7. The van der Waals surface area contributed by atoms with Gasteiger partial charge in [0, 0.05) is 22.8 Å². The quantitative estimate of drug-likeness (QED) is 0.478. The number of allylic oxidation sites excluding steroid dienone is 1. The molecule has 0 aliphatic heterocycles. The fraction of sp³-hybridized carbons (Fsp3) is 0.182. The minimum atomic E-state index is -1.43. The Morgan fingerprint density at radius 2 is 1.88 bits per heavy atom. The van der Waals surface area contributed by atoms with Crippen molar-refractivity contribution in [3.05, 3.63) is 81.0 Å². The van der Waals surface area contributed by atoms with Gasteiger partial charge in [0.05, 0.1) is 11.1 Å². The molecule has 1 heterocycles. The molecule has 3 rings (SSSR count). The highest BCUT2D eigenvalue weighted by Gasteiger charge is 2.18. The molecule has 0 unspecified atom stereocenters. The third kappa shape index (κ3) is 5.66. The number of benzene rings is 2. The summed E-state index contributed by atoms with van der Waals surface area (Å²) >= 11 is 12.2. The number of nitrogens with zero attached hydrogens (tertiary/aromatic N) is 3. The van der Waals surface area contributed by atoms with Crippen molar-refractivity contribution < 1.29 is 14.6 Å². The van der Waals surface area contributed by atoms with Gasteiger partial charge in [-0.3, -0.25) is 0 Å². The van der Waals surface area contributed by atoms with E-state index in [0.29, 0.717) is 27.2 Å². The first-order valence-corrected chi connectivity index (χ1v) is 10.3. The van der Waals surface area contributed by atoms with Crippen molar-refractivity contribution in [2.45, 2.75) is 26.4 Å². The third-order valence-corrected chi connectivity index (χ3v) is 4.74. The summed E-state index contributed by atoms with van der Waals surface area (Å²) in [6.07, 6.45) is 0.219. The summed E-state index contributed by atoms with van der Waals surface area (Å²) in [5.41, 5.74) is 0.818. The Morgan fingerprint density at radius 3 is 2.47 bits per heavy atom. The Morgan fingerprint density at radius 1 is 1.19 bits per heavy atom. The van der Waals surface area contributed by atoms with Crippen LogP contribution in [0.2, 0.25) is 10.0 Å². The maximum atomic E-state index is 12.7. The van der Waals surface area contributed by atoms with Crippen LogP contribution in [0.25, 0.3) is 5.70 Å². The second-order valence-electron chi connectivity index (χ2n) is 7.10. The lowest BCUT2D eigenvalue weighted by Gasteiger charge is -2.16. The highest BCUT2D eigenvalue weighted by Crippen LogP contribution is 2.30. The molecule has 0 radical (unpaired) electrons. The molecule has 0 bridgehead atoms. The number of anilines is 2. The number of carboxylic acid groups (broad SMARTS) is 1. The molecule has 0 aliphatic carbocycles. The summed E-state index contributed by atoms with van der Waals surface area (Å²) in [7, 11) is 0. The van der Waals surface area contributed by atoms with Crippen molar-refractivity contribution in [3.8, 4) is 5.75 Å². The highest BCUT2D eigenvalue weighted by molar-refractivity contribution is 6.32. The van der Waals surface area contributed by atoms with Crippen LogP contribution < -0.4 is 15.7 Å². The van der Waals surface area contributed by atoms with Crippen LogP contribution in [0.1, 0.15) is 30.0 Å². The average molecular weight is 475 g/mol. The van der Waals surface area contributed by atoms with Gasteiger partial charge < -0.3 is 15.2 Å². The molecule has 2 aromatic carbocycles. The fourth-order valence-corrected chi connectivity index (χ4v) is 3.20. The Kier molecular flexibility index (Phi) is 7.17. The van der Waals surface area contributed by atoms with E-state index >= 15 is 0 Å². The predicted molar refractivity (Wildman–Crippen MR) is 124 cm³/mol. The van der Waals surface area contributed by atoms with Crippen molar-refractivity contribution in [3.63, 3.8) is 0 Å². The van der Waals surface area contributed by atoms with Crippen molar-refractivity contribution in [1.29, 1.82) is 0 Å². The summed E-state index contributed by atoms with van der Waals surface area (Å²) in [5.74, 6) is -1.64. The van der Waals surface area contributed by atoms with Crippen molar-refractivity contribution in [2.75, 3.05) is 5.32 Å². The van der Waals surface area contributed by atoms with E-state index in [9.17, 15) is 14.7 Å². The third-order valence-electron chi connectivity index (χ3n) is 4.20. The SMILES string of the molecule is C=C(Cc1ccc(Cl)cc1)n1c(Nc2ccc(OC(C)C)c(Cl)c2)nc(C(=O)O)nc1=O. The van der Waals surface area contributed by atoms with Gasteiger partial charge in [-0.2, -0.15) is 9.97 Å². The normalized spacial score (nSPS) is 10.8. The summed E-state index contributed by atoms with van der Waals surface area (Å²) in [6.45, 7) is 7.71. The van der Waals surface area contributed by atoms with Crippen LogP contribution in [0.5, 0.6) is 5.75 Å². The maximum Gasteiger partial charge on any atom is 0.374 e. The van der Waals surface area contributed by atoms with Crippen molar-refractivity contribution >= 4 is 46.5 Å². The van der Waals surface area contributed by atoms with Crippen molar-refractivity contribution in [1.82, 2.24) is 14.5 Å². The van der Waals surface area contributed by atoms with Crippen LogP contribution in [0.3, 0.4) is 0 Å². The first-order chi connectivity index (χ1) is 15.1. The minimum Gasteiger partial charge on any atom is -0.489 e. The van der Waals surface area contributed by atoms with E-state index in [1.807, 2.05) is 13.8 Å². The number of hydrogen-bond acceptors (Lipinski definition) is 6. The summed E-state index contributed by atoms with van der Waals surface area (Å²) in [6, 6.07) is 11.9. The molecule has 3 aromatic rings. The van der Waals surface area contributed by atoms with E-state index in [0.717, 1.165) is 10.1 Å². The highest BCUT2D eigenvalue weighted by atomic mass is 35.5. The van der Waals surface area contributed by atoms with Crippen LogP contribution >= 0.6 is 23.2 Å². The Bertz CT molecular complexity index is 1220. The summed E-state index contributed by atoms with van der Waals surface area (Å²) in [5, 5.41) is 13.1. The summed E-state index contributed by atoms with van der Waals surface area (Å²) in [4.78, 5) is 31.6. The zero-order valence-corrected chi connectivity index (χ0v) is 18.8. The molecule has 0 atom stereocenters. The van der Waals surface area contributed by atoms with Gasteiger partial charge in [-0.25, -0.2) is 14.2 Å². The van der Waals surface area contributed by atoms with Gasteiger partial charge in [-0.1, -0.05) is 41.9 Å². The molecule has 166 valence electrons. The monoisotopic (exact) mass is 474 g/mol. The van der Waals surface area contributed by atoms with Crippen LogP contribution in [0.15, 0.2) is 53.8 Å². The topological polar surface area (TPSA) is 106 Å². The lowest BCUT2D eigenvalue weighted by molar-refractivity contribution is 0.0682. The van der Waals surface area contributed by atoms with E-state index in [1.54, 1.807) is 42.5 Å². The largest absolute Gasteiger partial charge is 0.489 e. The second-order valence-corrected chi connectivity index (χ2v) is 7.94. The zero-order chi connectivity index (χ0) is 23.4. The van der Waals surface area contributed by atoms with Gasteiger partial charge in [-0.15, -0.1) is 0 Å². The van der Waals surface area contributed by atoms with Gasteiger partial charge in [0.15, 0.2) is 0 Å². The number of aromatic carboxylic acids is 1. The Labute approximate surface area is 194 Å². The van der Waals surface area contributed by atoms with E-state index < -0.39 is 17.5 Å². The average Bonchev–Trinajstić information content (AvgIpc) is 2.71. The molecular formula is C22H20Cl2N4O4. The van der Waals surface area contributed by atoms with Gasteiger partial charge in [0.2, 0.25) is 11.8 Å². The predicted octanol–water partition coefficient (Wildman–Crippen LogP) is 4.89. The first-order valence-electron chi connectivity index (χ1n) is 9.54. The first kappa shape index (κ1) is 23.3. The fourth-order valence-electron chi connectivity index (χ4n) is 2.85. The lowest BCUT2D eigenvalue weighted by Crippen LogP contribution is -2.29. The van der Waals surface area contributed by atoms with Crippen LogP contribution in [-0.4, -0.2) is 31.7 Å². The Hall–Kier alpha value is -3.36. The molecule has 0 fully saturated rings. The van der Waals surface area contributed by atoms with E-state index in [4.69, 9.17) is 27.9 Å². The molecular weight excluding hydrogens is 455 g/mol. The van der Waals surface area contributed by atoms with Crippen LogP contribution in [0.4, 0.5) is 11.6 Å². The molecule has 32 heavy (non-hydrogen) atoms. The number of halogens is 2. The molecule has 0 saturated carbocycles. The molecule has 2 N–H and O–H groups in total. The number of carboxylic acids is 1. The molecule has 10 heteroatoms. The van der Waals surface area contributed by atoms with Crippen LogP contribution in [0, 0.1) is 0 Å². The summed E-state index contributed by atoms with van der Waals surface area (Å²) < 4.78 is 6.73. The van der Waals surface area contributed by atoms with Gasteiger partial charge in [-0.05, 0) is 49.7 Å². The minimum absolute atomic E-state index is 0.0602. The number of hydrogen-bond donors (Lipinski definition) is 2. The molecule has 1 aromatic heterocycles. The van der Waals surface area contributed by atoms with E-state index in [-0.39, 0.29) is 18.5 Å².